The van der Waals surface area contributed by atoms with Crippen LogP contribution in [0.15, 0.2) is 24.5 Å². The number of aromatic nitrogens is 4. The van der Waals surface area contributed by atoms with E-state index >= 15 is 4.39 Å². The fraction of sp³-hybridized carbons (Fsp3) is 0.500. The molecule has 2 aromatic heterocycles. The highest BCUT2D eigenvalue weighted by molar-refractivity contribution is 6.32. The second-order valence-electron chi connectivity index (χ2n) is 8.64. The number of nitrogens with zero attached hydrogens (tertiary/aromatic N) is 5. The maximum Gasteiger partial charge on any atom is 0.227 e. The molecule has 3 unspecified atom stereocenters. The van der Waals surface area contributed by atoms with Crippen LogP contribution in [0.5, 0.6) is 0 Å². The van der Waals surface area contributed by atoms with Crippen molar-refractivity contribution in [2.75, 3.05) is 31.6 Å². The van der Waals surface area contributed by atoms with E-state index in [0.717, 1.165) is 28.6 Å². The molecule has 0 amide bonds. The number of aliphatic hydroxyl groups excluding tert-OH is 1. The number of hydrogen-bond donors (Lipinski definition) is 2. The fourth-order valence-electron chi connectivity index (χ4n) is 4.76. The minimum Gasteiger partial charge on any atom is -0.389 e. The summed E-state index contributed by atoms with van der Waals surface area (Å²) in [6, 6.07) is 3.87. The largest absolute Gasteiger partial charge is 0.389 e. The van der Waals surface area contributed by atoms with Crippen molar-refractivity contribution >= 4 is 34.1 Å². The Bertz CT molecular complexity index is 1140. The van der Waals surface area contributed by atoms with Crippen molar-refractivity contribution in [3.05, 3.63) is 40.8 Å². The number of fused-ring (bicyclic) bond motifs is 1. The summed E-state index contributed by atoms with van der Waals surface area (Å²) in [7, 11) is 1.75. The fourth-order valence-corrected chi connectivity index (χ4v) is 4.90. The highest BCUT2D eigenvalue weighted by Crippen LogP contribution is 2.36. The smallest absolute Gasteiger partial charge is 0.227 e. The van der Waals surface area contributed by atoms with Crippen LogP contribution in [0.4, 0.5) is 16.0 Å². The summed E-state index contributed by atoms with van der Waals surface area (Å²) in [4.78, 5) is 11.0. The van der Waals surface area contributed by atoms with Gasteiger partial charge in [-0.3, -0.25) is 9.58 Å². The summed E-state index contributed by atoms with van der Waals surface area (Å²) >= 11 is 6.22. The van der Waals surface area contributed by atoms with Crippen LogP contribution < -0.4 is 5.32 Å². The molecular formula is C22H26ClFN6O2. The van der Waals surface area contributed by atoms with Crippen LogP contribution in [0.1, 0.15) is 23.5 Å². The molecule has 2 N–H and O–H groups in total. The number of aliphatic hydroxyl groups is 1. The Kier molecular flexibility index (Phi) is 5.75. The van der Waals surface area contributed by atoms with Gasteiger partial charge in [0, 0.05) is 31.1 Å². The van der Waals surface area contributed by atoms with Gasteiger partial charge >= 0.3 is 0 Å². The number of nitrogens with one attached hydrogen (secondary N) is 1. The second kappa shape index (κ2) is 8.55. The summed E-state index contributed by atoms with van der Waals surface area (Å²) < 4.78 is 22.2. The van der Waals surface area contributed by atoms with Gasteiger partial charge in [-0.05, 0) is 43.1 Å². The summed E-state index contributed by atoms with van der Waals surface area (Å²) in [5, 5.41) is 18.7. The third-order valence-electron chi connectivity index (χ3n) is 6.54. The van der Waals surface area contributed by atoms with Crippen LogP contribution in [0.2, 0.25) is 5.15 Å². The monoisotopic (exact) mass is 460 g/mol. The molecule has 32 heavy (non-hydrogen) atoms. The highest BCUT2D eigenvalue weighted by atomic mass is 35.5. The van der Waals surface area contributed by atoms with Crippen LogP contribution in [0.3, 0.4) is 0 Å². The van der Waals surface area contributed by atoms with Crippen LogP contribution in [-0.2, 0) is 11.8 Å². The van der Waals surface area contributed by atoms with Gasteiger partial charge in [-0.25, -0.2) is 14.4 Å². The summed E-state index contributed by atoms with van der Waals surface area (Å²) in [5.74, 6) is 0.193. The van der Waals surface area contributed by atoms with E-state index < -0.39 is 12.3 Å². The van der Waals surface area contributed by atoms with E-state index in [4.69, 9.17) is 16.3 Å². The summed E-state index contributed by atoms with van der Waals surface area (Å²) in [5.41, 5.74) is 3.37. The molecule has 4 atom stereocenters. The first-order chi connectivity index (χ1) is 15.4. The molecule has 3 aromatic rings. The normalized spacial score (nSPS) is 26.7. The van der Waals surface area contributed by atoms with Crippen molar-refractivity contribution in [2.45, 2.75) is 37.6 Å². The first-order valence-electron chi connectivity index (χ1n) is 10.8. The summed E-state index contributed by atoms with van der Waals surface area (Å²) in [6.45, 7) is 3.81. The first-order valence-corrected chi connectivity index (χ1v) is 11.1. The van der Waals surface area contributed by atoms with Gasteiger partial charge in [-0.2, -0.15) is 5.10 Å². The number of ether oxygens (including phenoxy) is 1. The third kappa shape index (κ3) is 3.94. The van der Waals surface area contributed by atoms with Gasteiger partial charge in [0.25, 0.3) is 0 Å². The van der Waals surface area contributed by atoms with Gasteiger partial charge in [-0.1, -0.05) is 11.6 Å². The molecule has 8 nitrogen and oxygen atoms in total. The van der Waals surface area contributed by atoms with Crippen LogP contribution in [0, 0.1) is 6.92 Å². The van der Waals surface area contributed by atoms with Crippen molar-refractivity contribution in [1.82, 2.24) is 24.6 Å². The Morgan fingerprint density at radius 3 is 2.81 bits per heavy atom. The number of aryl methyl sites for hydroxylation is 2. The molecule has 2 aliphatic rings. The molecule has 0 saturated carbocycles. The van der Waals surface area contributed by atoms with E-state index in [1.54, 1.807) is 24.1 Å². The Hall–Kier alpha value is -2.33. The standard InChI is InChI=1S/C22H26ClFN6O2/c1-12-5-13-7-25-22(28-18-8-26-29(2)21(18)23)27-17(13)6-15(12)14-3-4-30(9-16(14)24)19-10-32-11-20(19)31/h5-8,14,16,19-20,31H,3-4,9-11H2,1-2H3,(H,25,27,28)/t14?,16?,19?,20-/m1/s1. The van der Waals surface area contributed by atoms with Gasteiger partial charge in [-0.15, -0.1) is 0 Å². The minimum absolute atomic E-state index is 0.118. The number of halogens is 2. The maximum absolute atomic E-state index is 15.3. The first kappa shape index (κ1) is 21.5. The zero-order valence-corrected chi connectivity index (χ0v) is 18.8. The Morgan fingerprint density at radius 1 is 1.28 bits per heavy atom. The Labute approximate surface area is 190 Å². The van der Waals surface area contributed by atoms with E-state index in [-0.39, 0.29) is 12.0 Å². The van der Waals surface area contributed by atoms with Gasteiger partial charge in [0.05, 0.1) is 42.8 Å². The molecule has 0 spiro atoms. The molecular weight excluding hydrogens is 435 g/mol. The molecule has 0 bridgehead atoms. The van der Waals surface area contributed by atoms with Gasteiger partial charge in [0.2, 0.25) is 5.95 Å². The molecule has 0 radical (unpaired) electrons. The highest BCUT2D eigenvalue weighted by Gasteiger charge is 2.38. The van der Waals surface area contributed by atoms with E-state index in [2.05, 4.69) is 20.4 Å². The molecule has 4 heterocycles. The van der Waals surface area contributed by atoms with Gasteiger partial charge < -0.3 is 15.2 Å². The number of piperidine rings is 1. The Morgan fingerprint density at radius 2 is 2.12 bits per heavy atom. The van der Waals surface area contributed by atoms with Gasteiger partial charge in [0.15, 0.2) is 0 Å². The second-order valence-corrected chi connectivity index (χ2v) is 9.00. The number of alkyl halides is 1. The van der Waals surface area contributed by atoms with E-state index in [9.17, 15) is 5.11 Å². The van der Waals surface area contributed by atoms with Crippen molar-refractivity contribution < 1.29 is 14.2 Å². The zero-order valence-electron chi connectivity index (χ0n) is 18.0. The topological polar surface area (TPSA) is 88.3 Å². The minimum atomic E-state index is -1.03. The lowest BCUT2D eigenvalue weighted by molar-refractivity contribution is 0.0352. The van der Waals surface area contributed by atoms with E-state index in [1.807, 2.05) is 24.0 Å². The molecule has 2 aliphatic heterocycles. The van der Waals surface area contributed by atoms with Crippen molar-refractivity contribution in [1.29, 1.82) is 0 Å². The molecule has 0 aliphatic carbocycles. The number of anilines is 2. The lowest BCUT2D eigenvalue weighted by Gasteiger charge is -2.39. The van der Waals surface area contributed by atoms with Crippen molar-refractivity contribution in [2.24, 2.45) is 7.05 Å². The lowest BCUT2D eigenvalue weighted by atomic mass is 9.84. The lowest BCUT2D eigenvalue weighted by Crippen LogP contribution is -2.50. The predicted octanol–water partition coefficient (Wildman–Crippen LogP) is 2.96. The zero-order chi connectivity index (χ0) is 22.4. The van der Waals surface area contributed by atoms with E-state index in [0.29, 0.717) is 43.0 Å². The van der Waals surface area contributed by atoms with Crippen molar-refractivity contribution in [3.8, 4) is 0 Å². The molecule has 5 rings (SSSR count). The van der Waals surface area contributed by atoms with Crippen LogP contribution >= 0.6 is 11.6 Å². The summed E-state index contributed by atoms with van der Waals surface area (Å²) in [6.07, 6.45) is 2.48. The average Bonchev–Trinajstić information content (AvgIpc) is 3.34. The SMILES string of the molecule is Cc1cc2cnc(Nc3cnn(C)c3Cl)nc2cc1C1CCN(C2COC[C@H]2O)CC1F. The van der Waals surface area contributed by atoms with E-state index in [1.165, 1.54) is 0 Å². The molecule has 10 heteroatoms. The Balaban J connectivity index is 1.39. The third-order valence-corrected chi connectivity index (χ3v) is 6.99. The van der Waals surface area contributed by atoms with Gasteiger partial charge in [0.1, 0.15) is 11.3 Å². The van der Waals surface area contributed by atoms with Crippen molar-refractivity contribution in [3.63, 3.8) is 0 Å². The number of benzene rings is 1. The van der Waals surface area contributed by atoms with Crippen LogP contribution in [0.25, 0.3) is 10.9 Å². The number of rotatable bonds is 4. The van der Waals surface area contributed by atoms with Crippen LogP contribution in [-0.4, -0.2) is 74.4 Å². The molecule has 1 aromatic carbocycles. The predicted molar refractivity (Wildman–Crippen MR) is 120 cm³/mol. The molecule has 2 saturated heterocycles. The quantitative estimate of drug-likeness (QED) is 0.618. The molecule has 170 valence electrons. The molecule has 2 fully saturated rings. The maximum atomic E-state index is 15.3. The number of hydrogen-bond acceptors (Lipinski definition) is 7. The average molecular weight is 461 g/mol. The number of likely N-dealkylation sites (tertiary alicyclic amines) is 1.